The minimum atomic E-state index is -0.642. The molecule has 0 bridgehead atoms. The Hall–Kier alpha value is -2.97. The van der Waals surface area contributed by atoms with E-state index in [-0.39, 0.29) is 26.6 Å². The Bertz CT molecular complexity index is 868. The van der Waals surface area contributed by atoms with Gasteiger partial charge in [0.05, 0.1) is 6.61 Å². The predicted octanol–water partition coefficient (Wildman–Crippen LogP) is 3.48. The van der Waals surface area contributed by atoms with Crippen LogP contribution in [0, 0.1) is 5.41 Å². The standard InChI is InChI=1S/C22H27NO7/c1-22(2,8-9-24)20(15-4-3-5-17(12-15)27-11-10-25)30-21(26)23-16-6-7-18-19(13-16)29-14-28-18/h3-7,12-13,20,24-25H,8-11,14H2,1-2H3,(H,23,26)/t20-/m0/s1. The summed E-state index contributed by atoms with van der Waals surface area (Å²) in [5.74, 6) is 1.74. The molecular weight excluding hydrogens is 390 g/mol. The highest BCUT2D eigenvalue weighted by atomic mass is 16.7. The smallest absolute Gasteiger partial charge is 0.412 e. The highest BCUT2D eigenvalue weighted by molar-refractivity contribution is 5.85. The maximum Gasteiger partial charge on any atom is 0.412 e. The average Bonchev–Trinajstić information content (AvgIpc) is 3.18. The molecule has 0 spiro atoms. The van der Waals surface area contributed by atoms with Crippen molar-refractivity contribution < 1.29 is 34.0 Å². The summed E-state index contributed by atoms with van der Waals surface area (Å²) in [5, 5.41) is 21.2. The normalized spacial score (nSPS) is 13.6. The Morgan fingerprint density at radius 2 is 1.93 bits per heavy atom. The predicted molar refractivity (Wildman–Crippen MR) is 110 cm³/mol. The third-order valence-corrected chi connectivity index (χ3v) is 4.83. The lowest BCUT2D eigenvalue weighted by molar-refractivity contribution is 0.0150. The summed E-state index contributed by atoms with van der Waals surface area (Å²) < 4.78 is 21.9. The van der Waals surface area contributed by atoms with E-state index in [1.807, 2.05) is 19.9 Å². The number of nitrogens with one attached hydrogen (secondary N) is 1. The monoisotopic (exact) mass is 417 g/mol. The van der Waals surface area contributed by atoms with E-state index in [0.29, 0.717) is 29.4 Å². The number of carbonyl (C=O) groups excluding carboxylic acids is 1. The number of hydrogen-bond donors (Lipinski definition) is 3. The molecule has 30 heavy (non-hydrogen) atoms. The van der Waals surface area contributed by atoms with E-state index in [9.17, 15) is 9.90 Å². The van der Waals surface area contributed by atoms with E-state index >= 15 is 0 Å². The zero-order chi connectivity index (χ0) is 21.6. The Morgan fingerprint density at radius 1 is 1.13 bits per heavy atom. The van der Waals surface area contributed by atoms with Crippen LogP contribution in [0.2, 0.25) is 0 Å². The minimum absolute atomic E-state index is 0.0443. The molecule has 2 aromatic rings. The Kier molecular flexibility index (Phi) is 7.02. The molecule has 3 rings (SSSR count). The van der Waals surface area contributed by atoms with Crippen LogP contribution in [0.3, 0.4) is 0 Å². The van der Waals surface area contributed by atoms with E-state index in [4.69, 9.17) is 24.1 Å². The van der Waals surface area contributed by atoms with Crippen molar-refractivity contribution in [2.24, 2.45) is 5.41 Å². The van der Waals surface area contributed by atoms with Gasteiger partial charge in [0.1, 0.15) is 18.5 Å². The second-order valence-electron chi connectivity index (χ2n) is 7.59. The van der Waals surface area contributed by atoms with Crippen LogP contribution in [0.1, 0.15) is 31.9 Å². The number of aliphatic hydroxyl groups is 2. The molecular formula is C22H27NO7. The molecule has 0 unspecified atom stereocenters. The first-order chi connectivity index (χ1) is 14.4. The fraction of sp³-hybridized carbons (Fsp3) is 0.409. The van der Waals surface area contributed by atoms with Crippen LogP contribution < -0.4 is 19.5 Å². The summed E-state index contributed by atoms with van der Waals surface area (Å²) in [6, 6.07) is 12.3. The van der Waals surface area contributed by atoms with Crippen LogP contribution in [0.15, 0.2) is 42.5 Å². The summed E-state index contributed by atoms with van der Waals surface area (Å²) in [4.78, 5) is 12.7. The first-order valence-corrected chi connectivity index (χ1v) is 9.75. The van der Waals surface area contributed by atoms with Gasteiger partial charge in [-0.2, -0.15) is 0 Å². The quantitative estimate of drug-likeness (QED) is 0.573. The molecule has 3 N–H and O–H groups in total. The van der Waals surface area contributed by atoms with Gasteiger partial charge in [0, 0.05) is 23.8 Å². The first-order valence-electron chi connectivity index (χ1n) is 9.75. The molecule has 0 fully saturated rings. The van der Waals surface area contributed by atoms with E-state index in [2.05, 4.69) is 5.32 Å². The number of hydrogen-bond acceptors (Lipinski definition) is 7. The maximum atomic E-state index is 12.7. The lowest BCUT2D eigenvalue weighted by Crippen LogP contribution is -2.29. The number of rotatable bonds is 9. The van der Waals surface area contributed by atoms with Gasteiger partial charge in [0.25, 0.3) is 0 Å². The number of fused-ring (bicyclic) bond motifs is 1. The lowest BCUT2D eigenvalue weighted by Gasteiger charge is -2.34. The molecule has 2 aromatic carbocycles. The van der Waals surface area contributed by atoms with Gasteiger partial charge in [-0.1, -0.05) is 26.0 Å². The number of ether oxygens (including phenoxy) is 4. The molecule has 1 heterocycles. The van der Waals surface area contributed by atoms with E-state index < -0.39 is 17.6 Å². The molecule has 0 aromatic heterocycles. The Balaban J connectivity index is 1.78. The highest BCUT2D eigenvalue weighted by Crippen LogP contribution is 2.41. The Labute approximate surface area is 175 Å². The van der Waals surface area contributed by atoms with Crippen molar-refractivity contribution in [1.82, 2.24) is 0 Å². The van der Waals surface area contributed by atoms with Gasteiger partial charge in [-0.25, -0.2) is 4.79 Å². The number of benzene rings is 2. The van der Waals surface area contributed by atoms with Crippen molar-refractivity contribution >= 4 is 11.8 Å². The van der Waals surface area contributed by atoms with Crippen molar-refractivity contribution in [3.8, 4) is 17.2 Å². The molecule has 8 nitrogen and oxygen atoms in total. The third kappa shape index (κ3) is 5.34. The van der Waals surface area contributed by atoms with Crippen LogP contribution in [-0.4, -0.2) is 42.9 Å². The largest absolute Gasteiger partial charge is 0.491 e. The molecule has 1 amide bonds. The number of anilines is 1. The summed E-state index contributed by atoms with van der Waals surface area (Å²) in [5.41, 5.74) is 0.698. The van der Waals surface area contributed by atoms with Crippen molar-refractivity contribution in [2.45, 2.75) is 26.4 Å². The lowest BCUT2D eigenvalue weighted by atomic mass is 9.80. The van der Waals surface area contributed by atoms with Crippen molar-refractivity contribution in [2.75, 3.05) is 31.9 Å². The summed E-state index contributed by atoms with van der Waals surface area (Å²) in [6.07, 6.45) is -0.848. The number of aliphatic hydroxyl groups excluding tert-OH is 2. The molecule has 0 saturated heterocycles. The second kappa shape index (κ2) is 9.69. The van der Waals surface area contributed by atoms with Gasteiger partial charge >= 0.3 is 6.09 Å². The minimum Gasteiger partial charge on any atom is -0.491 e. The maximum absolute atomic E-state index is 12.7. The van der Waals surface area contributed by atoms with Crippen LogP contribution in [0.25, 0.3) is 0 Å². The molecule has 8 heteroatoms. The van der Waals surface area contributed by atoms with Gasteiger partial charge in [0.15, 0.2) is 11.5 Å². The first kappa shape index (κ1) is 21.7. The zero-order valence-corrected chi connectivity index (χ0v) is 17.1. The number of carbonyl (C=O) groups is 1. The highest BCUT2D eigenvalue weighted by Gasteiger charge is 2.34. The molecule has 0 radical (unpaired) electrons. The summed E-state index contributed by atoms with van der Waals surface area (Å²) in [6.45, 7) is 4.01. The fourth-order valence-corrected chi connectivity index (χ4v) is 3.26. The van der Waals surface area contributed by atoms with Crippen LogP contribution >= 0.6 is 0 Å². The molecule has 0 aliphatic carbocycles. The van der Waals surface area contributed by atoms with Crippen molar-refractivity contribution in [3.05, 3.63) is 48.0 Å². The molecule has 1 aliphatic rings. The van der Waals surface area contributed by atoms with Crippen LogP contribution in [0.5, 0.6) is 17.2 Å². The summed E-state index contributed by atoms with van der Waals surface area (Å²) >= 11 is 0. The van der Waals surface area contributed by atoms with Gasteiger partial charge in [0.2, 0.25) is 6.79 Å². The van der Waals surface area contributed by atoms with Crippen LogP contribution in [0.4, 0.5) is 10.5 Å². The van der Waals surface area contributed by atoms with Gasteiger partial charge in [-0.15, -0.1) is 0 Å². The van der Waals surface area contributed by atoms with Gasteiger partial charge in [-0.05, 0) is 36.2 Å². The van der Waals surface area contributed by atoms with Gasteiger partial charge < -0.3 is 29.2 Å². The molecule has 162 valence electrons. The van der Waals surface area contributed by atoms with Crippen molar-refractivity contribution in [3.63, 3.8) is 0 Å². The topological polar surface area (TPSA) is 106 Å². The third-order valence-electron chi connectivity index (χ3n) is 4.83. The molecule has 1 atom stereocenters. The molecule has 1 aliphatic heterocycles. The number of amides is 1. The van der Waals surface area contributed by atoms with Crippen molar-refractivity contribution in [1.29, 1.82) is 0 Å². The van der Waals surface area contributed by atoms with E-state index in [1.165, 1.54) is 0 Å². The van der Waals surface area contributed by atoms with Crippen LogP contribution in [-0.2, 0) is 4.74 Å². The molecule has 0 saturated carbocycles. The SMILES string of the molecule is CC(C)(CCO)[C@@H](OC(=O)Nc1ccc2c(c1)OCO2)c1cccc(OCCO)c1. The van der Waals surface area contributed by atoms with E-state index in [0.717, 1.165) is 5.56 Å². The summed E-state index contributed by atoms with van der Waals surface area (Å²) in [7, 11) is 0. The Morgan fingerprint density at radius 3 is 2.70 bits per heavy atom. The van der Waals surface area contributed by atoms with E-state index in [1.54, 1.807) is 36.4 Å². The van der Waals surface area contributed by atoms with Gasteiger partial charge in [-0.3, -0.25) is 5.32 Å². The average molecular weight is 417 g/mol. The fourth-order valence-electron chi connectivity index (χ4n) is 3.26. The zero-order valence-electron chi connectivity index (χ0n) is 17.1. The second-order valence-corrected chi connectivity index (χ2v) is 7.59.